The predicted octanol–water partition coefficient (Wildman–Crippen LogP) is 0.436. The molecule has 0 bridgehead atoms. The molecule has 0 radical (unpaired) electrons. The highest BCUT2D eigenvalue weighted by Gasteiger charge is 2.24. The molecule has 5 nitrogen and oxygen atoms in total. The minimum absolute atomic E-state index is 0.268. The van der Waals surface area contributed by atoms with E-state index in [1.807, 2.05) is 0 Å². The number of unbranched alkanes of at least 4 members (excludes halogenated alkanes) is 2. The van der Waals surface area contributed by atoms with Crippen LogP contribution in [-0.2, 0) is 9.47 Å². The summed E-state index contributed by atoms with van der Waals surface area (Å²) in [6, 6.07) is 0. The third-order valence-corrected chi connectivity index (χ3v) is 3.03. The molecule has 0 aromatic carbocycles. The lowest BCUT2D eigenvalue weighted by Gasteiger charge is -2.26. The van der Waals surface area contributed by atoms with Gasteiger partial charge in [-0.2, -0.15) is 25.3 Å². The smallest absolute Gasteiger partial charge is 0.209 e. The zero-order valence-electron chi connectivity index (χ0n) is 10.6. The van der Waals surface area contributed by atoms with Crippen molar-refractivity contribution in [3.63, 3.8) is 0 Å². The summed E-state index contributed by atoms with van der Waals surface area (Å²) in [5, 5.41) is 27.6. The van der Waals surface area contributed by atoms with Gasteiger partial charge in [0.2, 0.25) is 12.6 Å². The maximum absolute atomic E-state index is 9.38. The molecule has 110 valence electrons. The topological polar surface area (TPSA) is 79.2 Å². The Labute approximate surface area is 119 Å². The highest BCUT2D eigenvalue weighted by Crippen LogP contribution is 2.10. The van der Waals surface area contributed by atoms with Crippen molar-refractivity contribution in [2.45, 2.75) is 51.0 Å². The lowest BCUT2D eigenvalue weighted by Crippen LogP contribution is -2.40. The van der Waals surface area contributed by atoms with Crippen molar-refractivity contribution in [1.82, 2.24) is 0 Å². The Balaban J connectivity index is 3.98. The summed E-state index contributed by atoms with van der Waals surface area (Å²) >= 11 is 8.12. The maximum Gasteiger partial charge on any atom is 0.209 e. The zero-order chi connectivity index (χ0) is 14.0. The van der Waals surface area contributed by atoms with Crippen LogP contribution in [0.4, 0.5) is 0 Å². The Kier molecular flexibility index (Phi) is 11.7. The fraction of sp³-hybridized carbons (Fsp3) is 1.00. The Morgan fingerprint density at radius 2 is 1.72 bits per heavy atom. The summed E-state index contributed by atoms with van der Waals surface area (Å²) in [7, 11) is 0. The molecule has 0 spiro atoms. The second kappa shape index (κ2) is 11.3. The fourth-order valence-electron chi connectivity index (χ4n) is 1.27. The van der Waals surface area contributed by atoms with Crippen LogP contribution in [0.1, 0.15) is 26.2 Å². The minimum Gasteiger partial charge on any atom is -0.391 e. The first-order valence-electron chi connectivity index (χ1n) is 6.06. The first kappa shape index (κ1) is 18.5. The molecule has 0 saturated carbocycles. The normalized spacial score (nSPS) is 16.8. The number of aliphatic hydroxyl groups excluding tert-OH is 2. The average Bonchev–Trinajstić information content (AvgIpc) is 2.31. The molecular weight excluding hydrogens is 276 g/mol. The van der Waals surface area contributed by atoms with Crippen molar-refractivity contribution in [3.05, 3.63) is 0 Å². The van der Waals surface area contributed by atoms with E-state index in [4.69, 9.17) is 19.7 Å². The number of hydrogen-bond donors (Lipinski definition) is 5. The van der Waals surface area contributed by atoms with Gasteiger partial charge in [0.1, 0.15) is 0 Å². The number of hydrogen-bond acceptors (Lipinski definition) is 7. The molecule has 2 unspecified atom stereocenters. The van der Waals surface area contributed by atoms with Crippen LogP contribution in [0.25, 0.3) is 0 Å². The Morgan fingerprint density at radius 1 is 1.06 bits per heavy atom. The van der Waals surface area contributed by atoms with Crippen LogP contribution in [0, 0.1) is 0 Å². The van der Waals surface area contributed by atoms with E-state index in [0.717, 1.165) is 25.0 Å². The molecule has 0 fully saturated rings. The summed E-state index contributed by atoms with van der Waals surface area (Å²) in [5.41, 5.74) is 0. The summed E-state index contributed by atoms with van der Waals surface area (Å²) in [4.78, 5) is 0. The van der Waals surface area contributed by atoms with Gasteiger partial charge >= 0.3 is 0 Å². The van der Waals surface area contributed by atoms with Gasteiger partial charge in [-0.15, -0.1) is 0 Å². The molecule has 0 aliphatic carbocycles. The quantitative estimate of drug-likeness (QED) is 0.217. The van der Waals surface area contributed by atoms with Crippen LogP contribution in [0.2, 0.25) is 0 Å². The highest BCUT2D eigenvalue weighted by atomic mass is 32.1. The molecule has 0 heterocycles. The molecule has 3 atom stereocenters. The third kappa shape index (κ3) is 8.58. The van der Waals surface area contributed by atoms with Crippen LogP contribution in [-0.4, -0.2) is 58.2 Å². The average molecular weight is 300 g/mol. The van der Waals surface area contributed by atoms with Gasteiger partial charge < -0.3 is 24.8 Å². The van der Waals surface area contributed by atoms with Crippen LogP contribution in [0.3, 0.4) is 0 Å². The van der Waals surface area contributed by atoms with E-state index >= 15 is 0 Å². The van der Waals surface area contributed by atoms with E-state index in [1.54, 1.807) is 6.92 Å². The van der Waals surface area contributed by atoms with E-state index in [1.165, 1.54) is 0 Å². The summed E-state index contributed by atoms with van der Waals surface area (Å²) in [6.45, 7) is 1.92. The predicted molar refractivity (Wildman–Crippen MR) is 76.1 cm³/mol. The molecule has 0 aliphatic heterocycles. The Morgan fingerprint density at radius 3 is 2.17 bits per heavy atom. The lowest BCUT2D eigenvalue weighted by atomic mass is 10.2. The molecule has 7 heteroatoms. The van der Waals surface area contributed by atoms with Gasteiger partial charge in [0.25, 0.3) is 0 Å². The Hall–Kier alpha value is 0.500. The minimum atomic E-state index is -1.74. The van der Waals surface area contributed by atoms with E-state index in [-0.39, 0.29) is 5.75 Å². The number of thiol groups is 2. The molecule has 18 heavy (non-hydrogen) atoms. The van der Waals surface area contributed by atoms with E-state index in [9.17, 15) is 5.11 Å². The van der Waals surface area contributed by atoms with Crippen LogP contribution < -0.4 is 0 Å². The van der Waals surface area contributed by atoms with Crippen molar-refractivity contribution in [2.24, 2.45) is 0 Å². The van der Waals surface area contributed by atoms with Crippen molar-refractivity contribution in [3.8, 4) is 0 Å². The standard InChI is InChI=1S/C11H24O5S2/c1-8(12)9(7-18)16-11(10(13)14)15-5-3-2-4-6-17/h8-14,17-18H,2-7H2,1H3/t8-,9?,11?/m1/s1. The monoisotopic (exact) mass is 300 g/mol. The summed E-state index contributed by atoms with van der Waals surface area (Å²) in [5.74, 6) is 1.09. The fourth-order valence-corrected chi connectivity index (χ4v) is 1.88. The van der Waals surface area contributed by atoms with E-state index < -0.39 is 24.8 Å². The van der Waals surface area contributed by atoms with Crippen LogP contribution in [0.5, 0.6) is 0 Å². The molecule has 0 aromatic heterocycles. The molecular formula is C11H24O5S2. The molecule has 0 aromatic rings. The maximum atomic E-state index is 9.38. The van der Waals surface area contributed by atoms with Crippen LogP contribution in [0.15, 0.2) is 0 Å². The van der Waals surface area contributed by atoms with Gasteiger partial charge in [-0.1, -0.05) is 6.42 Å². The largest absolute Gasteiger partial charge is 0.391 e. The number of aliphatic hydroxyl groups is 3. The Bertz CT molecular complexity index is 192. The van der Waals surface area contributed by atoms with Gasteiger partial charge in [0.15, 0.2) is 0 Å². The van der Waals surface area contributed by atoms with Crippen LogP contribution >= 0.6 is 25.3 Å². The van der Waals surface area contributed by atoms with Crippen molar-refractivity contribution in [1.29, 1.82) is 0 Å². The number of rotatable bonds is 11. The first-order valence-corrected chi connectivity index (χ1v) is 7.32. The van der Waals surface area contributed by atoms with Gasteiger partial charge in [0.05, 0.1) is 12.2 Å². The molecule has 0 saturated heterocycles. The van der Waals surface area contributed by atoms with Crippen molar-refractivity contribution in [2.75, 3.05) is 18.1 Å². The van der Waals surface area contributed by atoms with Crippen molar-refractivity contribution < 1.29 is 24.8 Å². The van der Waals surface area contributed by atoms with Gasteiger partial charge in [-0.25, -0.2) is 0 Å². The third-order valence-electron chi connectivity index (χ3n) is 2.35. The first-order chi connectivity index (χ1) is 8.52. The van der Waals surface area contributed by atoms with E-state index in [0.29, 0.717) is 6.61 Å². The SMILES string of the molecule is C[C@@H](O)C(CS)OC(OCCCCCS)C(O)O. The molecule has 0 amide bonds. The second-order valence-corrected chi connectivity index (χ2v) is 4.85. The van der Waals surface area contributed by atoms with Crippen molar-refractivity contribution >= 4 is 25.3 Å². The number of ether oxygens (including phenoxy) is 2. The lowest BCUT2D eigenvalue weighted by molar-refractivity contribution is -0.274. The summed E-state index contributed by atoms with van der Waals surface area (Å²) < 4.78 is 10.5. The molecule has 0 aliphatic rings. The van der Waals surface area contributed by atoms with Gasteiger partial charge in [0, 0.05) is 12.4 Å². The summed E-state index contributed by atoms with van der Waals surface area (Å²) in [6.07, 6.45) is -1.50. The molecule has 0 rings (SSSR count). The second-order valence-electron chi connectivity index (χ2n) is 4.03. The van der Waals surface area contributed by atoms with E-state index in [2.05, 4.69) is 25.3 Å². The highest BCUT2D eigenvalue weighted by molar-refractivity contribution is 7.80. The van der Waals surface area contributed by atoms with Gasteiger partial charge in [-0.3, -0.25) is 0 Å². The molecule has 3 N–H and O–H groups in total. The van der Waals surface area contributed by atoms with Gasteiger partial charge in [-0.05, 0) is 25.5 Å². The zero-order valence-corrected chi connectivity index (χ0v) is 12.4.